The third-order valence-corrected chi connectivity index (χ3v) is 2.65. The first kappa shape index (κ1) is 10.7. The minimum absolute atomic E-state index is 0.106. The molecule has 0 bridgehead atoms. The van der Waals surface area contributed by atoms with Crippen LogP contribution in [0.15, 0.2) is 24.3 Å². The average Bonchev–Trinajstić information content (AvgIpc) is 2.82. The van der Waals surface area contributed by atoms with Gasteiger partial charge in [-0.1, -0.05) is 6.07 Å². The predicted molar refractivity (Wildman–Crippen MR) is 59.9 cm³/mol. The van der Waals surface area contributed by atoms with Crippen molar-refractivity contribution in [3.05, 3.63) is 35.4 Å². The van der Waals surface area contributed by atoms with Crippen LogP contribution in [0.4, 0.5) is 0 Å². The van der Waals surface area contributed by atoms with E-state index in [2.05, 4.69) is 10.6 Å². The van der Waals surface area contributed by atoms with Gasteiger partial charge in [0, 0.05) is 18.2 Å². The minimum Gasteiger partial charge on any atom is -0.348 e. The summed E-state index contributed by atoms with van der Waals surface area (Å²) in [5.41, 5.74) is 1.06. The first-order valence-electron chi connectivity index (χ1n) is 5.31. The second-order valence-corrected chi connectivity index (χ2v) is 3.86. The molecule has 0 radical (unpaired) electrons. The molecule has 4 heteroatoms. The van der Waals surface area contributed by atoms with Crippen molar-refractivity contribution >= 4 is 5.91 Å². The van der Waals surface area contributed by atoms with Crippen LogP contribution in [0.2, 0.25) is 0 Å². The van der Waals surface area contributed by atoms with Gasteiger partial charge in [0.25, 0.3) is 5.91 Å². The van der Waals surface area contributed by atoms with Gasteiger partial charge in [0.05, 0.1) is 11.6 Å². The summed E-state index contributed by atoms with van der Waals surface area (Å²) in [7, 11) is 0. The Balaban J connectivity index is 2.05. The second-order valence-electron chi connectivity index (χ2n) is 3.86. The lowest BCUT2D eigenvalue weighted by Gasteiger charge is -2.11. The van der Waals surface area contributed by atoms with Crippen molar-refractivity contribution in [2.45, 2.75) is 12.5 Å². The molecule has 1 aromatic rings. The predicted octanol–water partition coefficient (Wildman–Crippen LogP) is 0.650. The number of nitrogens with one attached hydrogen (secondary N) is 2. The van der Waals surface area contributed by atoms with Crippen molar-refractivity contribution in [2.75, 3.05) is 13.1 Å². The molecular formula is C12H13N3O. The molecule has 0 unspecified atom stereocenters. The SMILES string of the molecule is N#Cc1cccc(C(=O)N[C@H]2CCNC2)c1. The lowest BCUT2D eigenvalue weighted by Crippen LogP contribution is -2.36. The van der Waals surface area contributed by atoms with Crippen LogP contribution in [0.5, 0.6) is 0 Å². The molecule has 2 rings (SSSR count). The molecule has 82 valence electrons. The van der Waals surface area contributed by atoms with Gasteiger partial charge in [-0.3, -0.25) is 4.79 Å². The maximum absolute atomic E-state index is 11.8. The summed E-state index contributed by atoms with van der Waals surface area (Å²) in [6.45, 7) is 1.77. The van der Waals surface area contributed by atoms with Gasteiger partial charge in [-0.05, 0) is 31.2 Å². The maximum Gasteiger partial charge on any atom is 0.251 e. The Morgan fingerprint density at radius 1 is 1.56 bits per heavy atom. The Hall–Kier alpha value is -1.86. The summed E-state index contributed by atoms with van der Waals surface area (Å²) in [6, 6.07) is 8.97. The van der Waals surface area contributed by atoms with E-state index in [4.69, 9.17) is 5.26 Å². The monoisotopic (exact) mass is 215 g/mol. The normalized spacial score (nSPS) is 19.1. The van der Waals surface area contributed by atoms with Crippen molar-refractivity contribution in [2.24, 2.45) is 0 Å². The third-order valence-electron chi connectivity index (χ3n) is 2.65. The summed E-state index contributed by atoms with van der Waals surface area (Å²) in [5.74, 6) is -0.106. The quantitative estimate of drug-likeness (QED) is 0.761. The third kappa shape index (κ3) is 2.38. The fourth-order valence-corrected chi connectivity index (χ4v) is 1.78. The van der Waals surface area contributed by atoms with Crippen LogP contribution >= 0.6 is 0 Å². The molecule has 0 aromatic heterocycles. The average molecular weight is 215 g/mol. The van der Waals surface area contributed by atoms with E-state index in [1.54, 1.807) is 24.3 Å². The second kappa shape index (κ2) is 4.77. The molecule has 16 heavy (non-hydrogen) atoms. The Bertz CT molecular complexity index is 430. The van der Waals surface area contributed by atoms with Gasteiger partial charge in [0.1, 0.15) is 0 Å². The molecule has 2 N–H and O–H groups in total. The zero-order valence-corrected chi connectivity index (χ0v) is 8.86. The number of carbonyl (C=O) groups is 1. The number of nitrogens with zero attached hydrogens (tertiary/aromatic N) is 1. The lowest BCUT2D eigenvalue weighted by molar-refractivity contribution is 0.0940. The number of benzene rings is 1. The molecule has 0 saturated carbocycles. The Morgan fingerprint density at radius 3 is 3.12 bits per heavy atom. The van der Waals surface area contributed by atoms with Gasteiger partial charge in [0.15, 0.2) is 0 Å². The number of hydrogen-bond acceptors (Lipinski definition) is 3. The van der Waals surface area contributed by atoms with E-state index >= 15 is 0 Å². The van der Waals surface area contributed by atoms with Gasteiger partial charge < -0.3 is 10.6 Å². The summed E-state index contributed by atoms with van der Waals surface area (Å²) in [4.78, 5) is 11.8. The van der Waals surface area contributed by atoms with Crippen LogP contribution in [0, 0.1) is 11.3 Å². The van der Waals surface area contributed by atoms with Crippen LogP contribution in [-0.4, -0.2) is 25.0 Å². The highest BCUT2D eigenvalue weighted by Crippen LogP contribution is 2.05. The fourth-order valence-electron chi connectivity index (χ4n) is 1.78. The largest absolute Gasteiger partial charge is 0.348 e. The first-order valence-corrected chi connectivity index (χ1v) is 5.31. The zero-order valence-electron chi connectivity index (χ0n) is 8.86. The Kier molecular flexibility index (Phi) is 3.18. The summed E-state index contributed by atoms with van der Waals surface area (Å²) in [6.07, 6.45) is 0.962. The van der Waals surface area contributed by atoms with Crippen molar-refractivity contribution in [1.29, 1.82) is 5.26 Å². The van der Waals surface area contributed by atoms with E-state index in [9.17, 15) is 4.79 Å². The molecule has 1 saturated heterocycles. The van der Waals surface area contributed by atoms with E-state index in [-0.39, 0.29) is 11.9 Å². The standard InChI is InChI=1S/C12H13N3O/c13-7-9-2-1-3-10(6-9)12(16)15-11-4-5-14-8-11/h1-3,6,11,14H,4-5,8H2,(H,15,16)/t11-/m0/s1. The number of hydrogen-bond donors (Lipinski definition) is 2. The van der Waals surface area contributed by atoms with Crippen LogP contribution in [0.3, 0.4) is 0 Å². The highest BCUT2D eigenvalue weighted by atomic mass is 16.1. The Morgan fingerprint density at radius 2 is 2.44 bits per heavy atom. The van der Waals surface area contributed by atoms with Crippen molar-refractivity contribution < 1.29 is 4.79 Å². The molecule has 1 atom stereocenters. The van der Waals surface area contributed by atoms with E-state index in [1.165, 1.54) is 0 Å². The van der Waals surface area contributed by atoms with Crippen LogP contribution in [-0.2, 0) is 0 Å². The highest BCUT2D eigenvalue weighted by Gasteiger charge is 2.17. The van der Waals surface area contributed by atoms with E-state index in [0.29, 0.717) is 11.1 Å². The van der Waals surface area contributed by atoms with Crippen molar-refractivity contribution in [3.8, 4) is 6.07 Å². The van der Waals surface area contributed by atoms with E-state index in [1.807, 2.05) is 6.07 Å². The van der Waals surface area contributed by atoms with Crippen molar-refractivity contribution in [1.82, 2.24) is 10.6 Å². The summed E-state index contributed by atoms with van der Waals surface area (Å²) in [5, 5.41) is 14.9. The molecule has 1 amide bonds. The van der Waals surface area contributed by atoms with E-state index < -0.39 is 0 Å². The van der Waals surface area contributed by atoms with Crippen molar-refractivity contribution in [3.63, 3.8) is 0 Å². The highest BCUT2D eigenvalue weighted by molar-refractivity contribution is 5.94. The number of carbonyl (C=O) groups excluding carboxylic acids is 1. The van der Waals surface area contributed by atoms with Gasteiger partial charge in [-0.2, -0.15) is 5.26 Å². The molecule has 1 fully saturated rings. The molecule has 1 heterocycles. The molecule has 0 spiro atoms. The van der Waals surface area contributed by atoms with Crippen LogP contribution in [0.25, 0.3) is 0 Å². The lowest BCUT2D eigenvalue weighted by atomic mass is 10.1. The molecule has 1 aliphatic heterocycles. The van der Waals surface area contributed by atoms with Gasteiger partial charge >= 0.3 is 0 Å². The number of amides is 1. The number of nitriles is 1. The molecule has 1 aromatic carbocycles. The number of rotatable bonds is 2. The molecule has 1 aliphatic rings. The molecule has 4 nitrogen and oxygen atoms in total. The zero-order chi connectivity index (χ0) is 11.4. The maximum atomic E-state index is 11.8. The molecular weight excluding hydrogens is 202 g/mol. The minimum atomic E-state index is -0.106. The van der Waals surface area contributed by atoms with Gasteiger partial charge in [-0.15, -0.1) is 0 Å². The summed E-state index contributed by atoms with van der Waals surface area (Å²) < 4.78 is 0. The van der Waals surface area contributed by atoms with E-state index in [0.717, 1.165) is 19.5 Å². The smallest absolute Gasteiger partial charge is 0.251 e. The topological polar surface area (TPSA) is 64.9 Å². The van der Waals surface area contributed by atoms with Gasteiger partial charge in [0.2, 0.25) is 0 Å². The fraction of sp³-hybridized carbons (Fsp3) is 0.333. The Labute approximate surface area is 94.3 Å². The summed E-state index contributed by atoms with van der Waals surface area (Å²) >= 11 is 0. The van der Waals surface area contributed by atoms with Crippen LogP contribution in [0.1, 0.15) is 22.3 Å². The van der Waals surface area contributed by atoms with Crippen LogP contribution < -0.4 is 10.6 Å². The first-order chi connectivity index (χ1) is 7.79. The molecule has 0 aliphatic carbocycles. The van der Waals surface area contributed by atoms with Gasteiger partial charge in [-0.25, -0.2) is 0 Å².